The van der Waals surface area contributed by atoms with Crippen LogP contribution in [0.5, 0.6) is 0 Å². The van der Waals surface area contributed by atoms with Crippen molar-refractivity contribution in [3.05, 3.63) is 52.0 Å². The van der Waals surface area contributed by atoms with Crippen LogP contribution in [0.4, 0.5) is 0 Å². The van der Waals surface area contributed by atoms with E-state index < -0.39 is 0 Å². The Morgan fingerprint density at radius 2 is 2.10 bits per heavy atom. The number of nitrogens with two attached hydrogens (primary N) is 1. The van der Waals surface area contributed by atoms with E-state index in [0.29, 0.717) is 18.8 Å². The number of amides is 1. The number of hydrogen-bond acceptors (Lipinski definition) is 4. The molecule has 1 amide bonds. The number of benzene rings is 1. The van der Waals surface area contributed by atoms with Gasteiger partial charge in [0.15, 0.2) is 0 Å². The molecule has 1 aromatic heterocycles. The maximum atomic E-state index is 12.4. The summed E-state index contributed by atoms with van der Waals surface area (Å²) in [7, 11) is 0. The molecule has 0 spiro atoms. The molecule has 0 saturated heterocycles. The predicted octanol–water partition coefficient (Wildman–Crippen LogP) is 2.83. The molecular weight excluding hydrogens is 270 g/mol. The SMILES string of the molecule is CCN(Cc1ccccc1)C(=O)c1csc(C(C)N)n1. The Morgan fingerprint density at radius 1 is 1.40 bits per heavy atom. The first-order valence-corrected chi connectivity index (χ1v) is 7.54. The number of hydrogen-bond donors (Lipinski definition) is 1. The average Bonchev–Trinajstić information content (AvgIpc) is 2.95. The number of aromatic nitrogens is 1. The molecule has 0 radical (unpaired) electrons. The van der Waals surface area contributed by atoms with Crippen molar-refractivity contribution in [2.75, 3.05) is 6.54 Å². The molecule has 0 aliphatic rings. The highest BCUT2D eigenvalue weighted by atomic mass is 32.1. The molecule has 5 heteroatoms. The summed E-state index contributed by atoms with van der Waals surface area (Å²) >= 11 is 1.44. The number of rotatable bonds is 5. The lowest BCUT2D eigenvalue weighted by Crippen LogP contribution is -2.30. The van der Waals surface area contributed by atoms with Crippen LogP contribution in [-0.4, -0.2) is 22.3 Å². The zero-order valence-corrected chi connectivity index (χ0v) is 12.6. The Kier molecular flexibility index (Phi) is 4.87. The number of carbonyl (C=O) groups excluding carboxylic acids is 1. The third-order valence-electron chi connectivity index (χ3n) is 3.02. The van der Waals surface area contributed by atoms with E-state index in [0.717, 1.165) is 10.6 Å². The fourth-order valence-electron chi connectivity index (χ4n) is 1.89. The Hall–Kier alpha value is -1.72. The Morgan fingerprint density at radius 3 is 2.65 bits per heavy atom. The summed E-state index contributed by atoms with van der Waals surface area (Å²) in [6.07, 6.45) is 0. The molecule has 106 valence electrons. The minimum absolute atomic E-state index is 0.0421. The topological polar surface area (TPSA) is 59.2 Å². The molecule has 1 aromatic carbocycles. The highest BCUT2D eigenvalue weighted by Crippen LogP contribution is 2.18. The Labute approximate surface area is 123 Å². The van der Waals surface area contributed by atoms with E-state index in [9.17, 15) is 4.79 Å². The van der Waals surface area contributed by atoms with Crippen molar-refractivity contribution in [1.29, 1.82) is 0 Å². The van der Waals surface area contributed by atoms with Crippen molar-refractivity contribution in [1.82, 2.24) is 9.88 Å². The van der Waals surface area contributed by atoms with Gasteiger partial charge in [-0.15, -0.1) is 11.3 Å². The summed E-state index contributed by atoms with van der Waals surface area (Å²) in [5.74, 6) is -0.0421. The van der Waals surface area contributed by atoms with Crippen LogP contribution in [0.25, 0.3) is 0 Å². The maximum absolute atomic E-state index is 12.4. The zero-order chi connectivity index (χ0) is 14.5. The van der Waals surface area contributed by atoms with Gasteiger partial charge in [-0.25, -0.2) is 4.98 Å². The van der Waals surface area contributed by atoms with Crippen LogP contribution in [0.1, 0.15) is 40.9 Å². The van der Waals surface area contributed by atoms with Crippen LogP contribution in [-0.2, 0) is 6.54 Å². The number of thiazole rings is 1. The third-order valence-corrected chi connectivity index (χ3v) is 4.06. The quantitative estimate of drug-likeness (QED) is 0.920. The Bertz CT molecular complexity index is 566. The molecule has 0 aliphatic heterocycles. The van der Waals surface area contributed by atoms with Crippen molar-refractivity contribution in [3.8, 4) is 0 Å². The molecular formula is C15H19N3OS. The molecule has 0 aliphatic carbocycles. The van der Waals surface area contributed by atoms with Crippen molar-refractivity contribution in [3.63, 3.8) is 0 Å². The van der Waals surface area contributed by atoms with Crippen molar-refractivity contribution < 1.29 is 4.79 Å². The van der Waals surface area contributed by atoms with E-state index in [1.165, 1.54) is 11.3 Å². The van der Waals surface area contributed by atoms with Gasteiger partial charge in [-0.3, -0.25) is 4.79 Å². The monoisotopic (exact) mass is 289 g/mol. The normalized spacial score (nSPS) is 12.2. The second-order valence-electron chi connectivity index (χ2n) is 4.66. The lowest BCUT2D eigenvalue weighted by molar-refractivity contribution is 0.0747. The summed E-state index contributed by atoms with van der Waals surface area (Å²) in [6.45, 7) is 5.09. The van der Waals surface area contributed by atoms with Crippen LogP contribution in [0.2, 0.25) is 0 Å². The highest BCUT2D eigenvalue weighted by Gasteiger charge is 2.18. The molecule has 4 nitrogen and oxygen atoms in total. The van der Waals surface area contributed by atoms with Crippen LogP contribution < -0.4 is 5.73 Å². The predicted molar refractivity (Wildman–Crippen MR) is 81.6 cm³/mol. The van der Waals surface area contributed by atoms with E-state index in [2.05, 4.69) is 4.98 Å². The lowest BCUT2D eigenvalue weighted by Gasteiger charge is -2.19. The molecule has 0 fully saturated rings. The van der Waals surface area contributed by atoms with Gasteiger partial charge in [0.05, 0.1) is 6.04 Å². The van der Waals surface area contributed by atoms with Gasteiger partial charge in [-0.05, 0) is 19.4 Å². The van der Waals surface area contributed by atoms with Gasteiger partial charge in [0, 0.05) is 18.5 Å². The van der Waals surface area contributed by atoms with E-state index in [4.69, 9.17) is 5.73 Å². The first-order valence-electron chi connectivity index (χ1n) is 6.66. The zero-order valence-electron chi connectivity index (χ0n) is 11.7. The standard InChI is InChI=1S/C15H19N3OS/c1-3-18(9-12-7-5-4-6-8-12)15(19)13-10-20-14(17-13)11(2)16/h4-8,10-11H,3,9,16H2,1-2H3. The van der Waals surface area contributed by atoms with E-state index in [1.54, 1.807) is 10.3 Å². The Balaban J connectivity index is 2.12. The summed E-state index contributed by atoms with van der Waals surface area (Å²) in [5.41, 5.74) is 7.38. The summed E-state index contributed by atoms with van der Waals surface area (Å²) in [4.78, 5) is 18.6. The van der Waals surface area contributed by atoms with Crippen LogP contribution >= 0.6 is 11.3 Å². The van der Waals surface area contributed by atoms with Gasteiger partial charge in [-0.1, -0.05) is 30.3 Å². The van der Waals surface area contributed by atoms with E-state index >= 15 is 0 Å². The van der Waals surface area contributed by atoms with Gasteiger partial charge >= 0.3 is 0 Å². The molecule has 1 heterocycles. The van der Waals surface area contributed by atoms with Gasteiger partial charge in [0.25, 0.3) is 5.91 Å². The highest BCUT2D eigenvalue weighted by molar-refractivity contribution is 7.09. The van der Waals surface area contributed by atoms with Gasteiger partial charge in [-0.2, -0.15) is 0 Å². The fourth-order valence-corrected chi connectivity index (χ4v) is 2.64. The molecule has 2 rings (SSSR count). The first kappa shape index (κ1) is 14.7. The minimum Gasteiger partial charge on any atom is -0.333 e. The van der Waals surface area contributed by atoms with Gasteiger partial charge in [0.1, 0.15) is 10.7 Å². The lowest BCUT2D eigenvalue weighted by atomic mass is 10.2. The fraction of sp³-hybridized carbons (Fsp3) is 0.333. The molecule has 1 unspecified atom stereocenters. The van der Waals surface area contributed by atoms with Crippen LogP contribution in [0, 0.1) is 0 Å². The van der Waals surface area contributed by atoms with Gasteiger partial charge in [0.2, 0.25) is 0 Å². The molecule has 0 bridgehead atoms. The largest absolute Gasteiger partial charge is 0.333 e. The molecule has 1 atom stereocenters. The summed E-state index contributed by atoms with van der Waals surface area (Å²) in [5, 5.41) is 2.58. The second kappa shape index (κ2) is 6.63. The van der Waals surface area contributed by atoms with E-state index in [1.807, 2.05) is 44.2 Å². The average molecular weight is 289 g/mol. The number of carbonyl (C=O) groups is 1. The van der Waals surface area contributed by atoms with Crippen LogP contribution in [0.15, 0.2) is 35.7 Å². The molecule has 20 heavy (non-hydrogen) atoms. The molecule has 0 saturated carbocycles. The van der Waals surface area contributed by atoms with Crippen molar-refractivity contribution in [2.45, 2.75) is 26.4 Å². The first-order chi connectivity index (χ1) is 9.61. The molecule has 2 N–H and O–H groups in total. The van der Waals surface area contributed by atoms with E-state index in [-0.39, 0.29) is 11.9 Å². The maximum Gasteiger partial charge on any atom is 0.273 e. The van der Waals surface area contributed by atoms with Crippen LogP contribution in [0.3, 0.4) is 0 Å². The second-order valence-corrected chi connectivity index (χ2v) is 5.55. The van der Waals surface area contributed by atoms with Crippen molar-refractivity contribution in [2.24, 2.45) is 5.73 Å². The minimum atomic E-state index is -0.134. The third kappa shape index (κ3) is 3.43. The summed E-state index contributed by atoms with van der Waals surface area (Å²) in [6, 6.07) is 9.83. The van der Waals surface area contributed by atoms with Crippen molar-refractivity contribution >= 4 is 17.2 Å². The summed E-state index contributed by atoms with van der Waals surface area (Å²) < 4.78 is 0. The number of nitrogens with zero attached hydrogens (tertiary/aromatic N) is 2. The molecule has 2 aromatic rings. The smallest absolute Gasteiger partial charge is 0.273 e. The van der Waals surface area contributed by atoms with Gasteiger partial charge < -0.3 is 10.6 Å².